The molecule has 4 rings (SSSR count). The number of sulfonamides is 1. The van der Waals surface area contributed by atoms with Gasteiger partial charge >= 0.3 is 0 Å². The van der Waals surface area contributed by atoms with Crippen LogP contribution in [0.5, 0.6) is 5.75 Å². The molecule has 29 heavy (non-hydrogen) atoms. The molecular formula is C22H26N2O4S. The van der Waals surface area contributed by atoms with Crippen molar-refractivity contribution in [1.29, 1.82) is 0 Å². The minimum Gasteiger partial charge on any atom is -0.495 e. The summed E-state index contributed by atoms with van der Waals surface area (Å²) in [6, 6.07) is 10.4. The highest BCUT2D eigenvalue weighted by molar-refractivity contribution is 7.89. The first-order valence-electron chi connectivity index (χ1n) is 10.1. The van der Waals surface area contributed by atoms with Gasteiger partial charge in [-0.2, -0.15) is 0 Å². The molecule has 6 nitrogen and oxygen atoms in total. The number of amides is 1. The lowest BCUT2D eigenvalue weighted by Crippen LogP contribution is -2.33. The molecule has 0 bridgehead atoms. The van der Waals surface area contributed by atoms with Gasteiger partial charge in [-0.15, -0.1) is 0 Å². The topological polar surface area (TPSA) is 84.5 Å². The highest BCUT2D eigenvalue weighted by Gasteiger charge is 2.26. The molecule has 2 aliphatic rings. The van der Waals surface area contributed by atoms with E-state index in [0.29, 0.717) is 0 Å². The molecule has 0 spiro atoms. The molecule has 7 heteroatoms. The van der Waals surface area contributed by atoms with Crippen LogP contribution in [0, 0.1) is 0 Å². The molecule has 0 aromatic heterocycles. The predicted molar refractivity (Wildman–Crippen MR) is 112 cm³/mol. The summed E-state index contributed by atoms with van der Waals surface area (Å²) >= 11 is 0. The predicted octanol–water partition coefficient (Wildman–Crippen LogP) is 3.66. The van der Waals surface area contributed by atoms with Crippen molar-refractivity contribution in [2.75, 3.05) is 12.4 Å². The number of nitrogens with one attached hydrogen (secondary N) is 2. The van der Waals surface area contributed by atoms with E-state index in [0.717, 1.165) is 50.6 Å². The third kappa shape index (κ3) is 4.31. The standard InChI is InChI=1S/C22H26N2O4S/c1-28-20-12-10-17(14-21(20)29(26,27)24-18-7-2-3-8-18)22(25)23-19-11-9-15-5-4-6-16(15)13-19/h9-14,18,24H,2-8H2,1H3,(H,23,25). The first-order chi connectivity index (χ1) is 14.0. The summed E-state index contributed by atoms with van der Waals surface area (Å²) in [5.41, 5.74) is 3.60. The van der Waals surface area contributed by atoms with E-state index in [-0.39, 0.29) is 28.2 Å². The van der Waals surface area contributed by atoms with E-state index >= 15 is 0 Å². The van der Waals surface area contributed by atoms with Crippen LogP contribution < -0.4 is 14.8 Å². The number of aryl methyl sites for hydroxylation is 2. The molecule has 0 aliphatic heterocycles. The second kappa shape index (κ2) is 8.16. The smallest absolute Gasteiger partial charge is 0.255 e. The van der Waals surface area contributed by atoms with E-state index in [1.807, 2.05) is 18.2 Å². The Morgan fingerprint density at radius 1 is 1.00 bits per heavy atom. The summed E-state index contributed by atoms with van der Waals surface area (Å²) in [6.45, 7) is 0. The first-order valence-corrected chi connectivity index (χ1v) is 11.6. The highest BCUT2D eigenvalue weighted by atomic mass is 32.2. The summed E-state index contributed by atoms with van der Waals surface area (Å²) < 4.78 is 33.8. The molecular weight excluding hydrogens is 388 g/mol. The van der Waals surface area contributed by atoms with Crippen LogP contribution in [0.2, 0.25) is 0 Å². The van der Waals surface area contributed by atoms with Crippen LogP contribution >= 0.6 is 0 Å². The second-order valence-electron chi connectivity index (χ2n) is 7.76. The molecule has 0 heterocycles. The summed E-state index contributed by atoms with van der Waals surface area (Å²) in [7, 11) is -2.35. The lowest BCUT2D eigenvalue weighted by atomic mass is 10.1. The molecule has 1 saturated carbocycles. The third-order valence-corrected chi connectivity index (χ3v) is 7.29. The van der Waals surface area contributed by atoms with Crippen LogP contribution in [0.1, 0.15) is 53.6 Å². The van der Waals surface area contributed by atoms with Crippen LogP contribution in [0.3, 0.4) is 0 Å². The molecule has 2 aromatic rings. The van der Waals surface area contributed by atoms with Gasteiger partial charge in [-0.05, 0) is 73.6 Å². The van der Waals surface area contributed by atoms with Crippen molar-refractivity contribution >= 4 is 21.6 Å². The van der Waals surface area contributed by atoms with Crippen LogP contribution in [-0.4, -0.2) is 27.5 Å². The Bertz CT molecular complexity index is 1030. The number of carbonyl (C=O) groups is 1. The monoisotopic (exact) mass is 414 g/mol. The van der Waals surface area contributed by atoms with Crippen LogP contribution in [0.15, 0.2) is 41.3 Å². The van der Waals surface area contributed by atoms with Crippen molar-refractivity contribution in [3.63, 3.8) is 0 Å². The zero-order valence-corrected chi connectivity index (χ0v) is 17.3. The van der Waals surface area contributed by atoms with E-state index in [1.54, 1.807) is 6.07 Å². The van der Waals surface area contributed by atoms with Gasteiger partial charge in [0.1, 0.15) is 10.6 Å². The number of rotatable bonds is 6. The van der Waals surface area contributed by atoms with Gasteiger partial charge in [0.15, 0.2) is 0 Å². The van der Waals surface area contributed by atoms with Crippen molar-refractivity contribution in [3.05, 3.63) is 53.1 Å². The van der Waals surface area contributed by atoms with Crippen molar-refractivity contribution in [1.82, 2.24) is 4.72 Å². The van der Waals surface area contributed by atoms with E-state index in [2.05, 4.69) is 10.0 Å². The average molecular weight is 415 g/mol. The van der Waals surface area contributed by atoms with Crippen molar-refractivity contribution in [2.24, 2.45) is 0 Å². The van der Waals surface area contributed by atoms with Gasteiger partial charge in [0, 0.05) is 17.3 Å². The Morgan fingerprint density at radius 2 is 1.76 bits per heavy atom. The quantitative estimate of drug-likeness (QED) is 0.756. The number of methoxy groups -OCH3 is 1. The normalized spacial score (nSPS) is 16.6. The Hall–Kier alpha value is -2.38. The third-order valence-electron chi connectivity index (χ3n) is 5.75. The van der Waals surface area contributed by atoms with Gasteiger partial charge in [-0.1, -0.05) is 18.9 Å². The fourth-order valence-electron chi connectivity index (χ4n) is 4.21. The van der Waals surface area contributed by atoms with Crippen molar-refractivity contribution in [3.8, 4) is 5.75 Å². The van der Waals surface area contributed by atoms with Gasteiger partial charge in [0.05, 0.1) is 7.11 Å². The Labute approximate surface area is 171 Å². The SMILES string of the molecule is COc1ccc(C(=O)Nc2ccc3c(c2)CCC3)cc1S(=O)(=O)NC1CCCC1. The Balaban J connectivity index is 1.57. The molecule has 2 aromatic carbocycles. The molecule has 1 amide bonds. The molecule has 0 atom stereocenters. The minimum absolute atomic E-state index is 0.00602. The molecule has 2 aliphatic carbocycles. The zero-order valence-electron chi connectivity index (χ0n) is 16.5. The molecule has 1 fully saturated rings. The number of hydrogen-bond donors (Lipinski definition) is 2. The van der Waals surface area contributed by atoms with Gasteiger partial charge in [-0.3, -0.25) is 4.79 Å². The largest absolute Gasteiger partial charge is 0.495 e. The molecule has 2 N–H and O–H groups in total. The number of hydrogen-bond acceptors (Lipinski definition) is 4. The molecule has 0 unspecified atom stereocenters. The van der Waals surface area contributed by atoms with Crippen LogP contribution in [0.4, 0.5) is 5.69 Å². The van der Waals surface area contributed by atoms with Crippen LogP contribution in [0.25, 0.3) is 0 Å². The fourth-order valence-corrected chi connectivity index (χ4v) is 5.71. The first kappa shape index (κ1) is 19.9. The zero-order chi connectivity index (χ0) is 20.4. The summed E-state index contributed by atoms with van der Waals surface area (Å²) in [4.78, 5) is 12.8. The van der Waals surface area contributed by atoms with E-state index in [1.165, 1.54) is 30.4 Å². The number of carbonyl (C=O) groups excluding carboxylic acids is 1. The number of fused-ring (bicyclic) bond motifs is 1. The van der Waals surface area contributed by atoms with E-state index in [4.69, 9.17) is 4.74 Å². The maximum Gasteiger partial charge on any atom is 0.255 e. The Morgan fingerprint density at radius 3 is 2.52 bits per heavy atom. The van der Waals surface area contributed by atoms with E-state index in [9.17, 15) is 13.2 Å². The number of ether oxygens (including phenoxy) is 1. The lowest BCUT2D eigenvalue weighted by molar-refractivity contribution is 0.102. The average Bonchev–Trinajstić information content (AvgIpc) is 3.38. The summed E-state index contributed by atoms with van der Waals surface area (Å²) in [6.07, 6.45) is 6.95. The van der Waals surface area contributed by atoms with Gasteiger partial charge in [-0.25, -0.2) is 13.1 Å². The van der Waals surface area contributed by atoms with Gasteiger partial charge in [0.2, 0.25) is 10.0 Å². The van der Waals surface area contributed by atoms with Gasteiger partial charge in [0.25, 0.3) is 5.91 Å². The molecule has 154 valence electrons. The summed E-state index contributed by atoms with van der Waals surface area (Å²) in [5.74, 6) is -0.118. The lowest BCUT2D eigenvalue weighted by Gasteiger charge is -2.16. The van der Waals surface area contributed by atoms with E-state index < -0.39 is 10.0 Å². The minimum atomic E-state index is -3.78. The summed E-state index contributed by atoms with van der Waals surface area (Å²) in [5, 5.41) is 2.88. The van der Waals surface area contributed by atoms with Gasteiger partial charge < -0.3 is 10.1 Å². The number of benzene rings is 2. The maximum atomic E-state index is 12.9. The molecule has 0 radical (unpaired) electrons. The molecule has 0 saturated heterocycles. The number of anilines is 1. The fraction of sp³-hybridized carbons (Fsp3) is 0.409. The maximum absolute atomic E-state index is 12.9. The second-order valence-corrected chi connectivity index (χ2v) is 9.44. The van der Waals surface area contributed by atoms with Crippen molar-refractivity contribution in [2.45, 2.75) is 55.9 Å². The Kier molecular flexibility index (Phi) is 5.61. The van der Waals surface area contributed by atoms with Crippen molar-refractivity contribution < 1.29 is 17.9 Å². The van der Waals surface area contributed by atoms with Crippen LogP contribution in [-0.2, 0) is 22.9 Å². The highest BCUT2D eigenvalue weighted by Crippen LogP contribution is 2.28.